The Morgan fingerprint density at radius 1 is 1.24 bits per heavy atom. The molecule has 0 aliphatic carbocycles. The summed E-state index contributed by atoms with van der Waals surface area (Å²) >= 11 is 1.73. The predicted octanol–water partition coefficient (Wildman–Crippen LogP) is 4.44. The lowest BCUT2D eigenvalue weighted by Crippen LogP contribution is -2.30. The molecule has 0 bridgehead atoms. The number of nitrogens with zero attached hydrogens (tertiary/aromatic N) is 1. The van der Waals surface area contributed by atoms with Crippen molar-refractivity contribution in [3.05, 3.63) is 75.7 Å². The number of fused-ring (bicyclic) bond motifs is 1. The summed E-state index contributed by atoms with van der Waals surface area (Å²) in [4.78, 5) is 15.3. The van der Waals surface area contributed by atoms with Crippen molar-refractivity contribution >= 4 is 17.6 Å². The van der Waals surface area contributed by atoms with Gasteiger partial charge in [-0.1, -0.05) is 18.2 Å². The van der Waals surface area contributed by atoms with Gasteiger partial charge in [0.25, 0.3) is 0 Å². The molecule has 1 aliphatic rings. The Balaban J connectivity index is 1.54. The van der Waals surface area contributed by atoms with Crippen molar-refractivity contribution in [3.63, 3.8) is 0 Å². The number of aromatic nitrogens is 1. The fourth-order valence-electron chi connectivity index (χ4n) is 3.58. The molecule has 3 nitrogen and oxygen atoms in total. The van der Waals surface area contributed by atoms with Crippen molar-refractivity contribution in [2.24, 2.45) is 0 Å². The number of thiophene rings is 1. The van der Waals surface area contributed by atoms with E-state index in [4.69, 9.17) is 0 Å². The Bertz CT molecular complexity index is 873. The maximum atomic E-state index is 11.2. The fourth-order valence-corrected chi connectivity index (χ4v) is 4.25. The molecule has 2 aromatic heterocycles. The average Bonchev–Trinajstić information content (AvgIpc) is 3.21. The van der Waals surface area contributed by atoms with E-state index in [1.807, 2.05) is 6.20 Å². The molecule has 0 spiro atoms. The Labute approximate surface area is 151 Å². The summed E-state index contributed by atoms with van der Waals surface area (Å²) in [6.45, 7) is 0.998. The van der Waals surface area contributed by atoms with Crippen LogP contribution in [0.2, 0.25) is 0 Å². The monoisotopic (exact) mass is 348 g/mol. The summed E-state index contributed by atoms with van der Waals surface area (Å²) in [7, 11) is 0. The number of hydrogen-bond acceptors (Lipinski definition) is 4. The van der Waals surface area contributed by atoms with Gasteiger partial charge in [0.15, 0.2) is 0 Å². The normalized spacial score (nSPS) is 16.4. The van der Waals surface area contributed by atoms with E-state index in [-0.39, 0.29) is 0 Å². The number of aldehydes is 1. The van der Waals surface area contributed by atoms with Gasteiger partial charge in [0.1, 0.15) is 6.29 Å². The largest absolute Gasteiger partial charge is 0.310 e. The van der Waals surface area contributed by atoms with Crippen LogP contribution in [0, 0.1) is 0 Å². The molecule has 25 heavy (non-hydrogen) atoms. The third kappa shape index (κ3) is 3.41. The van der Waals surface area contributed by atoms with Crippen molar-refractivity contribution in [1.82, 2.24) is 10.3 Å². The summed E-state index contributed by atoms with van der Waals surface area (Å²) < 4.78 is 0. The predicted molar refractivity (Wildman–Crippen MR) is 102 cm³/mol. The van der Waals surface area contributed by atoms with Crippen molar-refractivity contribution in [2.45, 2.75) is 25.3 Å². The first kappa shape index (κ1) is 16.2. The second-order valence-electron chi connectivity index (χ2n) is 6.41. The van der Waals surface area contributed by atoms with Gasteiger partial charge in [0.05, 0.1) is 0 Å². The SMILES string of the molecule is O=Cc1ccncc1CC[C@H]1NCCc2cc(-c3ccsc3)ccc21. The highest BCUT2D eigenvalue weighted by Gasteiger charge is 2.20. The van der Waals surface area contributed by atoms with Crippen LogP contribution < -0.4 is 5.32 Å². The van der Waals surface area contributed by atoms with E-state index < -0.39 is 0 Å². The third-order valence-corrected chi connectivity index (χ3v) is 5.61. The molecule has 0 unspecified atom stereocenters. The van der Waals surface area contributed by atoms with Gasteiger partial charge < -0.3 is 5.32 Å². The molecule has 126 valence electrons. The number of rotatable bonds is 5. The van der Waals surface area contributed by atoms with Crippen LogP contribution in [0.25, 0.3) is 11.1 Å². The molecule has 1 aromatic carbocycles. The molecule has 0 saturated heterocycles. The number of benzene rings is 1. The van der Waals surface area contributed by atoms with Gasteiger partial charge in [-0.2, -0.15) is 11.3 Å². The van der Waals surface area contributed by atoms with Crippen molar-refractivity contribution in [1.29, 1.82) is 0 Å². The quantitative estimate of drug-likeness (QED) is 0.693. The van der Waals surface area contributed by atoms with E-state index in [2.05, 4.69) is 45.3 Å². The number of carbonyl (C=O) groups excluding carboxylic acids is 1. The zero-order valence-corrected chi connectivity index (χ0v) is 14.8. The zero-order chi connectivity index (χ0) is 17.1. The van der Waals surface area contributed by atoms with Crippen molar-refractivity contribution in [3.8, 4) is 11.1 Å². The van der Waals surface area contributed by atoms with E-state index in [0.29, 0.717) is 6.04 Å². The minimum atomic E-state index is 0.333. The van der Waals surface area contributed by atoms with E-state index in [1.165, 1.54) is 22.3 Å². The average molecular weight is 348 g/mol. The lowest BCUT2D eigenvalue weighted by molar-refractivity contribution is 0.112. The molecular weight excluding hydrogens is 328 g/mol. The molecule has 0 radical (unpaired) electrons. The van der Waals surface area contributed by atoms with Crippen LogP contribution >= 0.6 is 11.3 Å². The number of nitrogens with one attached hydrogen (secondary N) is 1. The molecule has 0 fully saturated rings. The highest BCUT2D eigenvalue weighted by atomic mass is 32.1. The molecule has 4 rings (SSSR count). The first-order valence-electron chi connectivity index (χ1n) is 8.62. The standard InChI is InChI=1S/C21H20N2OS/c24-13-18-5-8-22-12-17(18)2-4-21-20-3-1-15(19-7-10-25-14-19)11-16(20)6-9-23-21/h1,3,5,7-8,10-14,21,23H,2,4,6,9H2/t21-/m1/s1. The number of aryl methyl sites for hydroxylation is 1. The number of pyridine rings is 1. The fraction of sp³-hybridized carbons (Fsp3) is 0.238. The van der Waals surface area contributed by atoms with Gasteiger partial charge in [-0.3, -0.25) is 9.78 Å². The van der Waals surface area contributed by atoms with Crippen LogP contribution in [0.15, 0.2) is 53.5 Å². The Morgan fingerprint density at radius 3 is 3.04 bits per heavy atom. The van der Waals surface area contributed by atoms with Crippen LogP contribution in [0.5, 0.6) is 0 Å². The van der Waals surface area contributed by atoms with Gasteiger partial charge in [-0.15, -0.1) is 0 Å². The second kappa shape index (κ2) is 7.30. The smallest absolute Gasteiger partial charge is 0.150 e. The van der Waals surface area contributed by atoms with Crippen LogP contribution in [0.1, 0.15) is 39.5 Å². The third-order valence-electron chi connectivity index (χ3n) is 4.93. The maximum Gasteiger partial charge on any atom is 0.150 e. The summed E-state index contributed by atoms with van der Waals surface area (Å²) in [5.74, 6) is 0. The van der Waals surface area contributed by atoms with Crippen molar-refractivity contribution < 1.29 is 4.79 Å². The molecular formula is C21H20N2OS. The van der Waals surface area contributed by atoms with Gasteiger partial charge >= 0.3 is 0 Å². The molecule has 3 aromatic rings. The van der Waals surface area contributed by atoms with Crippen molar-refractivity contribution in [2.75, 3.05) is 6.54 Å². The topological polar surface area (TPSA) is 42.0 Å². The highest BCUT2D eigenvalue weighted by molar-refractivity contribution is 7.08. The Kier molecular flexibility index (Phi) is 4.72. The van der Waals surface area contributed by atoms with Gasteiger partial charge in [0.2, 0.25) is 0 Å². The van der Waals surface area contributed by atoms with E-state index in [9.17, 15) is 4.79 Å². The first-order chi connectivity index (χ1) is 12.3. The van der Waals surface area contributed by atoms with Crippen LogP contribution in [-0.4, -0.2) is 17.8 Å². The highest BCUT2D eigenvalue weighted by Crippen LogP contribution is 2.31. The lowest BCUT2D eigenvalue weighted by atomic mass is 9.88. The molecule has 1 aliphatic heterocycles. The summed E-state index contributed by atoms with van der Waals surface area (Å²) in [6.07, 6.45) is 7.30. The molecule has 1 atom stereocenters. The maximum absolute atomic E-state index is 11.2. The lowest BCUT2D eigenvalue weighted by Gasteiger charge is -2.27. The minimum Gasteiger partial charge on any atom is -0.310 e. The minimum absolute atomic E-state index is 0.333. The Hall–Kier alpha value is -2.30. The van der Waals surface area contributed by atoms with Gasteiger partial charge in [-0.25, -0.2) is 0 Å². The molecule has 1 N–H and O–H groups in total. The van der Waals surface area contributed by atoms with Gasteiger partial charge in [0, 0.05) is 24.0 Å². The number of hydrogen-bond donors (Lipinski definition) is 1. The summed E-state index contributed by atoms with van der Waals surface area (Å²) in [5.41, 5.74) is 7.21. The molecule has 4 heteroatoms. The van der Waals surface area contributed by atoms with E-state index >= 15 is 0 Å². The van der Waals surface area contributed by atoms with E-state index in [1.54, 1.807) is 23.6 Å². The molecule has 0 amide bonds. The van der Waals surface area contributed by atoms with Crippen LogP contribution in [0.4, 0.5) is 0 Å². The van der Waals surface area contributed by atoms with E-state index in [0.717, 1.165) is 43.2 Å². The summed E-state index contributed by atoms with van der Waals surface area (Å²) in [6, 6.07) is 11.1. The number of carbonyl (C=O) groups is 1. The zero-order valence-electron chi connectivity index (χ0n) is 13.9. The Morgan fingerprint density at radius 2 is 2.20 bits per heavy atom. The van der Waals surface area contributed by atoms with Gasteiger partial charge in [-0.05, 0) is 76.5 Å². The van der Waals surface area contributed by atoms with Crippen LogP contribution in [-0.2, 0) is 12.8 Å². The molecule has 3 heterocycles. The van der Waals surface area contributed by atoms with Crippen LogP contribution in [0.3, 0.4) is 0 Å². The second-order valence-corrected chi connectivity index (χ2v) is 7.19. The summed E-state index contributed by atoms with van der Waals surface area (Å²) in [5, 5.41) is 7.95. The first-order valence-corrected chi connectivity index (χ1v) is 9.56. The molecule has 0 saturated carbocycles.